The monoisotopic (exact) mass is 359 g/mol. The van der Waals surface area contributed by atoms with Crippen LogP contribution in [0, 0.1) is 0 Å². The zero-order valence-corrected chi connectivity index (χ0v) is 17.4. The maximum atomic E-state index is 12.2. The first-order valence-electron chi connectivity index (χ1n) is 11.3. The standard InChI is InChI=1S/C24H41NO/c1-3-5-7-9-11-13-15-17-23-20-19-22(21-25-23)24(26)18-16-14-12-10-8-6-4-2/h19-21H,3-18H2,1-2H3. The molecule has 1 aromatic heterocycles. The van der Waals surface area contributed by atoms with E-state index in [1.807, 2.05) is 6.07 Å². The van der Waals surface area contributed by atoms with Crippen LogP contribution in [-0.4, -0.2) is 10.8 Å². The third-order valence-electron chi connectivity index (χ3n) is 5.19. The van der Waals surface area contributed by atoms with Crippen molar-refractivity contribution in [2.75, 3.05) is 0 Å². The molecule has 0 saturated heterocycles. The van der Waals surface area contributed by atoms with E-state index < -0.39 is 0 Å². The SMILES string of the molecule is CCCCCCCCCC(=O)c1ccc(CCCCCCCCC)nc1. The van der Waals surface area contributed by atoms with Gasteiger partial charge in [0, 0.05) is 23.9 Å². The van der Waals surface area contributed by atoms with Crippen LogP contribution in [0.1, 0.15) is 126 Å². The average Bonchev–Trinajstić information content (AvgIpc) is 2.67. The molecule has 2 heteroatoms. The summed E-state index contributed by atoms with van der Waals surface area (Å²) in [6, 6.07) is 4.03. The molecule has 0 fully saturated rings. The van der Waals surface area contributed by atoms with Crippen molar-refractivity contribution >= 4 is 5.78 Å². The third kappa shape index (κ3) is 11.4. The molecule has 0 aliphatic rings. The maximum Gasteiger partial charge on any atom is 0.164 e. The van der Waals surface area contributed by atoms with Crippen molar-refractivity contribution in [2.45, 2.75) is 117 Å². The van der Waals surface area contributed by atoms with E-state index in [1.165, 1.54) is 83.5 Å². The highest BCUT2D eigenvalue weighted by molar-refractivity contribution is 5.95. The largest absolute Gasteiger partial charge is 0.294 e. The van der Waals surface area contributed by atoms with Gasteiger partial charge in [-0.25, -0.2) is 0 Å². The van der Waals surface area contributed by atoms with E-state index >= 15 is 0 Å². The summed E-state index contributed by atoms with van der Waals surface area (Å²) in [7, 11) is 0. The molecule has 1 heterocycles. The predicted octanol–water partition coefficient (Wildman–Crippen LogP) is 7.70. The smallest absolute Gasteiger partial charge is 0.164 e. The van der Waals surface area contributed by atoms with E-state index in [-0.39, 0.29) is 5.78 Å². The summed E-state index contributed by atoms with van der Waals surface area (Å²) in [5.41, 5.74) is 1.92. The van der Waals surface area contributed by atoms with E-state index in [2.05, 4.69) is 24.9 Å². The number of pyridine rings is 1. The summed E-state index contributed by atoms with van der Waals surface area (Å²) in [6.45, 7) is 4.50. The molecular formula is C24H41NO. The quantitative estimate of drug-likeness (QED) is 0.211. The fourth-order valence-corrected chi connectivity index (χ4v) is 3.39. The predicted molar refractivity (Wildman–Crippen MR) is 113 cm³/mol. The number of carbonyl (C=O) groups excluding carboxylic acids is 1. The maximum absolute atomic E-state index is 12.2. The lowest BCUT2D eigenvalue weighted by molar-refractivity contribution is 0.0978. The van der Waals surface area contributed by atoms with Crippen LogP contribution in [0.25, 0.3) is 0 Å². The van der Waals surface area contributed by atoms with Gasteiger partial charge in [0.2, 0.25) is 0 Å². The molecule has 148 valence electrons. The molecule has 0 radical (unpaired) electrons. The van der Waals surface area contributed by atoms with E-state index in [0.717, 1.165) is 24.1 Å². The molecule has 0 spiro atoms. The summed E-state index contributed by atoms with van der Waals surface area (Å²) in [5, 5.41) is 0. The van der Waals surface area contributed by atoms with Gasteiger partial charge < -0.3 is 0 Å². The molecule has 2 nitrogen and oxygen atoms in total. The second kappa shape index (κ2) is 16.0. The minimum absolute atomic E-state index is 0.258. The Kier molecular flexibility index (Phi) is 14.1. The Morgan fingerprint density at radius 3 is 1.81 bits per heavy atom. The summed E-state index contributed by atoms with van der Waals surface area (Å²) >= 11 is 0. The molecule has 0 aliphatic carbocycles. The van der Waals surface area contributed by atoms with Crippen LogP contribution in [0.15, 0.2) is 18.3 Å². The second-order valence-corrected chi connectivity index (χ2v) is 7.70. The van der Waals surface area contributed by atoms with Gasteiger partial charge in [-0.05, 0) is 31.4 Å². The van der Waals surface area contributed by atoms with Crippen LogP contribution in [0.4, 0.5) is 0 Å². The van der Waals surface area contributed by atoms with Gasteiger partial charge in [-0.3, -0.25) is 9.78 Å². The number of nitrogens with zero attached hydrogens (tertiary/aromatic N) is 1. The minimum atomic E-state index is 0.258. The fourth-order valence-electron chi connectivity index (χ4n) is 3.39. The lowest BCUT2D eigenvalue weighted by atomic mass is 10.0. The number of aromatic nitrogens is 1. The third-order valence-corrected chi connectivity index (χ3v) is 5.19. The molecule has 0 amide bonds. The van der Waals surface area contributed by atoms with Crippen molar-refractivity contribution < 1.29 is 4.79 Å². The lowest BCUT2D eigenvalue weighted by Crippen LogP contribution is -2.01. The minimum Gasteiger partial charge on any atom is -0.294 e. The van der Waals surface area contributed by atoms with E-state index in [0.29, 0.717) is 6.42 Å². The lowest BCUT2D eigenvalue weighted by Gasteiger charge is -2.04. The molecular weight excluding hydrogens is 318 g/mol. The first-order valence-corrected chi connectivity index (χ1v) is 11.3. The molecule has 0 bridgehead atoms. The van der Waals surface area contributed by atoms with Gasteiger partial charge in [0.25, 0.3) is 0 Å². The topological polar surface area (TPSA) is 30.0 Å². The number of unbranched alkanes of at least 4 members (excludes halogenated alkanes) is 12. The Bertz CT molecular complexity index is 452. The Hall–Kier alpha value is -1.18. The fraction of sp³-hybridized carbons (Fsp3) is 0.750. The van der Waals surface area contributed by atoms with E-state index in [9.17, 15) is 4.79 Å². The number of Topliss-reactive ketones (excluding diaryl/α,β-unsaturated/α-hetero) is 1. The molecule has 0 atom stereocenters. The summed E-state index contributed by atoms with van der Waals surface area (Å²) in [4.78, 5) is 16.7. The number of carbonyl (C=O) groups is 1. The van der Waals surface area contributed by atoms with Gasteiger partial charge in [-0.15, -0.1) is 0 Å². The van der Waals surface area contributed by atoms with E-state index in [1.54, 1.807) is 6.20 Å². The van der Waals surface area contributed by atoms with Gasteiger partial charge >= 0.3 is 0 Å². The van der Waals surface area contributed by atoms with Crippen molar-refractivity contribution in [3.63, 3.8) is 0 Å². The number of hydrogen-bond acceptors (Lipinski definition) is 2. The van der Waals surface area contributed by atoms with Gasteiger partial charge in [0.15, 0.2) is 5.78 Å². The Balaban J connectivity index is 2.12. The van der Waals surface area contributed by atoms with Gasteiger partial charge in [-0.2, -0.15) is 0 Å². The van der Waals surface area contributed by atoms with Crippen molar-refractivity contribution in [3.8, 4) is 0 Å². The van der Waals surface area contributed by atoms with Gasteiger partial charge in [0.1, 0.15) is 0 Å². The van der Waals surface area contributed by atoms with Crippen LogP contribution in [0.2, 0.25) is 0 Å². The van der Waals surface area contributed by atoms with Crippen LogP contribution < -0.4 is 0 Å². The van der Waals surface area contributed by atoms with Crippen LogP contribution >= 0.6 is 0 Å². The van der Waals surface area contributed by atoms with Crippen LogP contribution in [0.5, 0.6) is 0 Å². The number of rotatable bonds is 17. The van der Waals surface area contributed by atoms with Crippen molar-refractivity contribution in [1.82, 2.24) is 4.98 Å². The number of aryl methyl sites for hydroxylation is 1. The normalized spacial score (nSPS) is 11.0. The Morgan fingerprint density at radius 1 is 0.731 bits per heavy atom. The van der Waals surface area contributed by atoms with Crippen molar-refractivity contribution in [2.24, 2.45) is 0 Å². The summed E-state index contributed by atoms with van der Waals surface area (Å²) in [5.74, 6) is 0.258. The van der Waals surface area contributed by atoms with Crippen LogP contribution in [0.3, 0.4) is 0 Å². The first kappa shape index (κ1) is 22.9. The highest BCUT2D eigenvalue weighted by Crippen LogP contribution is 2.13. The molecule has 1 rings (SSSR count). The van der Waals surface area contributed by atoms with Gasteiger partial charge in [0.05, 0.1) is 0 Å². The van der Waals surface area contributed by atoms with E-state index in [4.69, 9.17) is 0 Å². The molecule has 26 heavy (non-hydrogen) atoms. The second-order valence-electron chi connectivity index (χ2n) is 7.70. The molecule has 0 unspecified atom stereocenters. The molecule has 0 saturated carbocycles. The zero-order chi connectivity index (χ0) is 18.9. The number of ketones is 1. The Morgan fingerprint density at radius 2 is 1.27 bits per heavy atom. The van der Waals surface area contributed by atoms with Crippen molar-refractivity contribution in [1.29, 1.82) is 0 Å². The van der Waals surface area contributed by atoms with Crippen LogP contribution in [-0.2, 0) is 6.42 Å². The molecule has 0 aliphatic heterocycles. The average molecular weight is 360 g/mol. The van der Waals surface area contributed by atoms with Gasteiger partial charge in [-0.1, -0.05) is 90.9 Å². The number of hydrogen-bond donors (Lipinski definition) is 0. The highest BCUT2D eigenvalue weighted by atomic mass is 16.1. The Labute approximate surface area is 162 Å². The summed E-state index contributed by atoms with van der Waals surface area (Å²) < 4.78 is 0. The van der Waals surface area contributed by atoms with Crippen molar-refractivity contribution in [3.05, 3.63) is 29.6 Å². The first-order chi connectivity index (χ1) is 12.8. The molecule has 1 aromatic rings. The summed E-state index contributed by atoms with van der Waals surface area (Å²) in [6.07, 6.45) is 21.5. The zero-order valence-electron chi connectivity index (χ0n) is 17.4. The molecule has 0 aromatic carbocycles. The molecule has 0 N–H and O–H groups in total. The highest BCUT2D eigenvalue weighted by Gasteiger charge is 2.06.